The molecular formula is CH3B56O. The van der Waals surface area contributed by atoms with E-state index in [0.29, 0.717) is 0 Å². The van der Waals surface area contributed by atoms with E-state index in [4.69, 9.17) is 12.0 Å². The van der Waals surface area contributed by atoms with Crippen LogP contribution < -0.4 is 0 Å². The third kappa shape index (κ3) is 59.4. The molecule has 0 bridgehead atoms. The van der Waals surface area contributed by atoms with Gasteiger partial charge in [0.2, 0.25) is 0 Å². The Kier molecular flexibility index (Phi) is 64.0. The van der Waals surface area contributed by atoms with E-state index in [0.717, 1.165) is 0 Å². The summed E-state index contributed by atoms with van der Waals surface area (Å²) >= 11 is 0. The molecule has 1 radical (unpaired) electrons. The fourth-order valence-corrected chi connectivity index (χ4v) is 3.46. The molecule has 0 aromatic rings. The van der Waals surface area contributed by atoms with E-state index in [1.807, 2.05) is 348 Å². The molecule has 0 aliphatic heterocycles. The van der Waals surface area contributed by atoms with Crippen molar-refractivity contribution in [3.63, 3.8) is 0 Å². The van der Waals surface area contributed by atoms with Crippen LogP contribution in [0.3, 0.4) is 0 Å². The van der Waals surface area contributed by atoms with Crippen molar-refractivity contribution in [1.29, 1.82) is 0 Å². The molecule has 0 heterocycles. The SMILES string of the molecule is [B]=BB=BB=BB=BB=BB=BB=BB=BB=BB=BB=BB=BB=BB=BB=BB=BB=BB=BB=BB=BB=BB=BB=BB=BB=BB=BB=BB=BOC. The summed E-state index contributed by atoms with van der Waals surface area (Å²) in [6, 6.07) is 0. The molecule has 0 saturated carbocycles. The number of hydrogen-bond acceptors (Lipinski definition) is 1. The quantitative estimate of drug-likeness (QED) is 0.0777. The molecule has 0 unspecified atom stereocenters. The summed E-state index contributed by atoms with van der Waals surface area (Å²) in [5.74, 6) is 0. The summed E-state index contributed by atoms with van der Waals surface area (Å²) in [4.78, 5) is 0. The van der Waals surface area contributed by atoms with Crippen LogP contribution in [0, 0.1) is 0 Å². The summed E-state index contributed by atoms with van der Waals surface area (Å²) < 4.78 is 4.82. The molecule has 181 valence electrons. The second kappa shape index (κ2) is 60.4. The zero-order valence-electron chi connectivity index (χ0n) is 33.7. The third-order valence-electron chi connectivity index (χ3n) is 6.10. The molecular weight excluding hydrogens is 633 g/mol. The van der Waals surface area contributed by atoms with E-state index in [2.05, 4.69) is 0 Å². The second-order valence-electron chi connectivity index (χ2n) is 10.8. The van der Waals surface area contributed by atoms with Gasteiger partial charge in [-0.05, 0) is 0 Å². The predicted octanol–water partition coefficient (Wildman–Crippen LogP) is -21.2. The Morgan fingerprint density at radius 1 is 0.172 bits per heavy atom. The van der Waals surface area contributed by atoms with Gasteiger partial charge in [0, 0.05) is 0 Å². The minimum absolute atomic E-state index is 1.50. The topological polar surface area (TPSA) is 9.23 Å². The van der Waals surface area contributed by atoms with E-state index in [-0.39, 0.29) is 0 Å². The van der Waals surface area contributed by atoms with Crippen molar-refractivity contribution in [2.24, 2.45) is 0 Å². The van der Waals surface area contributed by atoms with Gasteiger partial charge in [-0.2, -0.15) is 0 Å². The Balaban J connectivity index is 4.07. The first-order valence-electron chi connectivity index (χ1n) is 19.0. The van der Waals surface area contributed by atoms with Gasteiger partial charge in [-0.3, -0.25) is 0 Å². The Morgan fingerprint density at radius 3 is 0.379 bits per heavy atom. The van der Waals surface area contributed by atoms with Crippen LogP contribution in [-0.2, 0) is 4.65 Å². The molecule has 0 amide bonds. The average molecular weight is 637 g/mol. The predicted molar refractivity (Wildman–Crippen MR) is 329 cm³/mol. The van der Waals surface area contributed by atoms with Crippen LogP contribution in [-0.4, -0.2) is 383 Å². The molecule has 0 spiro atoms. The monoisotopic (exact) mass is 648 g/mol. The van der Waals surface area contributed by atoms with Crippen molar-refractivity contribution >= 4 is 376 Å². The van der Waals surface area contributed by atoms with Crippen molar-refractivity contribution < 1.29 is 4.65 Å². The van der Waals surface area contributed by atoms with Gasteiger partial charge < -0.3 is 0 Å². The Labute approximate surface area is 384 Å². The number of hydrogen-bond donors (Lipinski definition) is 0. The Bertz CT molecular complexity index is 1880. The molecule has 0 fully saturated rings. The van der Waals surface area contributed by atoms with Gasteiger partial charge >= 0.3 is 388 Å². The molecule has 0 aromatic heterocycles. The van der Waals surface area contributed by atoms with Gasteiger partial charge in [0.25, 0.3) is 0 Å². The molecule has 57 heteroatoms. The van der Waals surface area contributed by atoms with Crippen LogP contribution in [0.2, 0.25) is 0 Å². The van der Waals surface area contributed by atoms with Crippen LogP contribution >= 0.6 is 0 Å². The van der Waals surface area contributed by atoms with Crippen LogP contribution in [0.15, 0.2) is 0 Å². The maximum atomic E-state index is 5.26. The summed E-state index contributed by atoms with van der Waals surface area (Å²) in [7, 11) is 8.50. The average Bonchev–Trinajstić information content (AvgIpc) is 3.23. The standard InChI is InChI=1S/CH3B56O/c1-58-57-56-55-54-53-52-51-50-49-48-47-46-45-44-43-42-41-40-39-38-37-36-35-34-33-32-31-30-29-28-27-26-25-24-23-22-21-20-19-18-17-16-15-14-13-12-11-10-9-8-7-6-5-4-3-2/h1H3. The summed E-state index contributed by atoms with van der Waals surface area (Å²) in [6.45, 7) is 106. The first-order chi connectivity index (χ1) is 28.9. The molecule has 0 rings (SSSR count). The fourth-order valence-electron chi connectivity index (χ4n) is 3.46. The first kappa shape index (κ1) is 61.4. The van der Waals surface area contributed by atoms with Gasteiger partial charge in [-0.1, -0.05) is 0 Å². The molecule has 1 nitrogen and oxygen atoms in total. The third-order valence-corrected chi connectivity index (χ3v) is 6.10. The summed E-state index contributed by atoms with van der Waals surface area (Å²) in [5.41, 5.74) is 0. The van der Waals surface area contributed by atoms with Crippen molar-refractivity contribution in [3.05, 3.63) is 0 Å². The first-order valence-corrected chi connectivity index (χ1v) is 19.0. The van der Waals surface area contributed by atoms with Gasteiger partial charge in [0.1, 0.15) is 0 Å². The molecule has 0 aliphatic carbocycles. The number of rotatable bonds is 28. The van der Waals surface area contributed by atoms with Crippen molar-refractivity contribution in [2.75, 3.05) is 7.11 Å². The minimum atomic E-state index is 1.50. The Morgan fingerprint density at radius 2 is 0.276 bits per heavy atom. The molecule has 0 atom stereocenters. The van der Waals surface area contributed by atoms with E-state index < -0.39 is 0 Å². The van der Waals surface area contributed by atoms with Gasteiger partial charge in [-0.25, -0.2) is 0 Å². The molecule has 58 heavy (non-hydrogen) atoms. The molecule has 0 aliphatic rings. The van der Waals surface area contributed by atoms with E-state index in [1.165, 1.54) is 6.69 Å². The molecule has 0 saturated heterocycles. The fraction of sp³-hybridized carbons (Fsp3) is 1.00. The van der Waals surface area contributed by atoms with Crippen LogP contribution in [0.5, 0.6) is 0 Å². The summed E-state index contributed by atoms with van der Waals surface area (Å²) in [5, 5.41) is 0. The van der Waals surface area contributed by atoms with Crippen molar-refractivity contribution in [2.45, 2.75) is 0 Å². The van der Waals surface area contributed by atoms with Crippen LogP contribution in [0.4, 0.5) is 0 Å². The second-order valence-corrected chi connectivity index (χ2v) is 10.8. The molecule has 0 aromatic carbocycles. The summed E-state index contributed by atoms with van der Waals surface area (Å²) in [6.07, 6.45) is 0. The van der Waals surface area contributed by atoms with Gasteiger partial charge in [0.05, 0.1) is 0 Å². The van der Waals surface area contributed by atoms with Crippen LogP contribution in [0.25, 0.3) is 0 Å². The van der Waals surface area contributed by atoms with Crippen molar-refractivity contribution in [3.8, 4) is 0 Å². The Hall–Kier alpha value is 3.44. The van der Waals surface area contributed by atoms with E-state index in [9.17, 15) is 0 Å². The zero-order chi connectivity index (χ0) is 41.6. The van der Waals surface area contributed by atoms with E-state index in [1.54, 1.807) is 20.8 Å². The molecule has 0 N–H and O–H groups in total. The van der Waals surface area contributed by atoms with Crippen LogP contribution in [0.1, 0.15) is 0 Å². The van der Waals surface area contributed by atoms with Gasteiger partial charge in [-0.15, -0.1) is 0 Å². The van der Waals surface area contributed by atoms with E-state index >= 15 is 0 Å². The normalized spacial score (nSPS) is 7.72. The zero-order valence-corrected chi connectivity index (χ0v) is 33.7. The maximum absolute atomic E-state index is 5.26. The van der Waals surface area contributed by atoms with Crippen molar-refractivity contribution in [1.82, 2.24) is 0 Å². The van der Waals surface area contributed by atoms with Gasteiger partial charge in [0.15, 0.2) is 0 Å².